The first-order valence-corrected chi connectivity index (χ1v) is 5.72. The summed E-state index contributed by atoms with van der Waals surface area (Å²) >= 11 is 0. The van der Waals surface area contributed by atoms with Crippen LogP contribution in [0.15, 0.2) is 6.33 Å². The molecule has 0 amide bonds. The first-order chi connectivity index (χ1) is 8.59. The van der Waals surface area contributed by atoms with Crippen LogP contribution in [-0.2, 0) is 4.74 Å². The first-order valence-electron chi connectivity index (χ1n) is 5.72. The molecule has 2 heterocycles. The summed E-state index contributed by atoms with van der Waals surface area (Å²) in [6.45, 7) is 2.63. The van der Waals surface area contributed by atoms with Crippen LogP contribution in [0.3, 0.4) is 0 Å². The molecule has 2 rings (SSSR count). The van der Waals surface area contributed by atoms with E-state index in [1.54, 1.807) is 0 Å². The monoisotopic (exact) mass is 253 g/mol. The van der Waals surface area contributed by atoms with E-state index in [-0.39, 0.29) is 29.5 Å². The maximum Gasteiger partial charge on any atom is 0.352 e. The molecule has 1 aliphatic rings. The fourth-order valence-electron chi connectivity index (χ4n) is 1.98. The zero-order chi connectivity index (χ0) is 13.1. The minimum absolute atomic E-state index is 0.0424. The van der Waals surface area contributed by atoms with E-state index in [1.807, 2.05) is 6.92 Å². The fraction of sp³-hybridized carbons (Fsp3) is 0.600. The second-order valence-corrected chi connectivity index (χ2v) is 4.20. The minimum atomic E-state index is -0.583. The summed E-state index contributed by atoms with van der Waals surface area (Å²) in [6, 6.07) is -0.0690. The Balaban J connectivity index is 2.17. The van der Waals surface area contributed by atoms with Crippen molar-refractivity contribution in [1.82, 2.24) is 9.97 Å². The van der Waals surface area contributed by atoms with Crippen molar-refractivity contribution in [3.05, 3.63) is 16.4 Å². The molecule has 98 valence electrons. The first kappa shape index (κ1) is 12.5. The molecular weight excluding hydrogens is 238 g/mol. The highest BCUT2D eigenvalue weighted by atomic mass is 16.6. The van der Waals surface area contributed by atoms with Crippen LogP contribution in [0, 0.1) is 10.1 Å². The molecule has 1 aromatic rings. The third-order valence-corrected chi connectivity index (χ3v) is 2.92. The Bertz CT molecular complexity index is 447. The summed E-state index contributed by atoms with van der Waals surface area (Å²) in [6.07, 6.45) is 3.18. The van der Waals surface area contributed by atoms with E-state index >= 15 is 0 Å². The van der Waals surface area contributed by atoms with Crippen LogP contribution in [0.2, 0.25) is 0 Å². The molecule has 3 N–H and O–H groups in total. The second-order valence-electron chi connectivity index (χ2n) is 4.20. The molecule has 8 nitrogen and oxygen atoms in total. The van der Waals surface area contributed by atoms with Crippen LogP contribution in [0.25, 0.3) is 0 Å². The quantitative estimate of drug-likeness (QED) is 0.606. The normalized spacial score (nSPS) is 20.6. The number of ether oxygens (including phenoxy) is 1. The van der Waals surface area contributed by atoms with Crippen molar-refractivity contribution in [1.29, 1.82) is 0 Å². The number of nitrogens with zero attached hydrogens (tertiary/aromatic N) is 3. The van der Waals surface area contributed by atoms with E-state index in [2.05, 4.69) is 15.3 Å². The lowest BCUT2D eigenvalue weighted by Crippen LogP contribution is -2.30. The van der Waals surface area contributed by atoms with E-state index in [0.717, 1.165) is 19.4 Å². The Morgan fingerprint density at radius 1 is 1.67 bits per heavy atom. The largest absolute Gasteiger partial charge is 0.378 e. The van der Waals surface area contributed by atoms with Crippen molar-refractivity contribution < 1.29 is 9.66 Å². The lowest BCUT2D eigenvalue weighted by molar-refractivity contribution is -0.383. The zero-order valence-electron chi connectivity index (χ0n) is 10.00. The lowest BCUT2D eigenvalue weighted by Gasteiger charge is -2.20. The Hall–Kier alpha value is -1.96. The smallest absolute Gasteiger partial charge is 0.352 e. The Morgan fingerprint density at radius 3 is 3.06 bits per heavy atom. The number of nitrogen functional groups attached to an aromatic ring is 1. The van der Waals surface area contributed by atoms with Gasteiger partial charge in [-0.3, -0.25) is 10.1 Å². The molecule has 2 atom stereocenters. The van der Waals surface area contributed by atoms with Crippen molar-refractivity contribution in [3.63, 3.8) is 0 Å². The van der Waals surface area contributed by atoms with E-state index in [0.29, 0.717) is 0 Å². The average Bonchev–Trinajstić information content (AvgIpc) is 2.81. The van der Waals surface area contributed by atoms with Gasteiger partial charge in [0.2, 0.25) is 11.6 Å². The minimum Gasteiger partial charge on any atom is -0.378 e. The van der Waals surface area contributed by atoms with Crippen LogP contribution in [0.4, 0.5) is 17.3 Å². The molecule has 8 heteroatoms. The maximum absolute atomic E-state index is 10.9. The van der Waals surface area contributed by atoms with Gasteiger partial charge in [-0.2, -0.15) is 0 Å². The summed E-state index contributed by atoms with van der Waals surface area (Å²) in [5.74, 6) is -0.00691. The average molecular weight is 253 g/mol. The lowest BCUT2D eigenvalue weighted by atomic mass is 10.1. The molecule has 0 aromatic carbocycles. The topological polar surface area (TPSA) is 116 Å². The Morgan fingerprint density at radius 2 is 2.44 bits per heavy atom. The number of hydrogen-bond donors (Lipinski definition) is 2. The molecule has 0 saturated carbocycles. The number of nitro groups is 1. The van der Waals surface area contributed by atoms with Gasteiger partial charge in [-0.25, -0.2) is 9.97 Å². The number of nitrogens with one attached hydrogen (secondary N) is 1. The summed E-state index contributed by atoms with van der Waals surface area (Å²) in [4.78, 5) is 17.8. The SMILES string of the molecule is CC(Nc1ncnc(N)c1[N+](=O)[O-])C1CCCO1. The second kappa shape index (κ2) is 5.13. The summed E-state index contributed by atoms with van der Waals surface area (Å²) in [5, 5.41) is 13.9. The van der Waals surface area contributed by atoms with Crippen molar-refractivity contribution in [2.45, 2.75) is 31.9 Å². The summed E-state index contributed by atoms with van der Waals surface area (Å²) in [7, 11) is 0. The van der Waals surface area contributed by atoms with E-state index in [1.165, 1.54) is 6.33 Å². The van der Waals surface area contributed by atoms with Crippen LogP contribution < -0.4 is 11.1 Å². The van der Waals surface area contributed by atoms with Gasteiger partial charge in [0.15, 0.2) is 0 Å². The van der Waals surface area contributed by atoms with Crippen LogP contribution >= 0.6 is 0 Å². The standard InChI is InChI=1S/C10H15N5O3/c1-6(7-3-2-4-18-7)14-10-8(15(16)17)9(11)12-5-13-10/h5-7H,2-4H2,1H3,(H3,11,12,13,14). The van der Waals surface area contributed by atoms with Gasteiger partial charge in [0.05, 0.1) is 17.1 Å². The van der Waals surface area contributed by atoms with Crippen molar-refractivity contribution in [2.75, 3.05) is 17.7 Å². The van der Waals surface area contributed by atoms with E-state index in [9.17, 15) is 10.1 Å². The Labute approximate surface area is 104 Å². The van der Waals surface area contributed by atoms with Crippen molar-refractivity contribution in [3.8, 4) is 0 Å². The Kier molecular flexibility index (Phi) is 3.56. The molecule has 0 aliphatic carbocycles. The van der Waals surface area contributed by atoms with Crippen LogP contribution in [0.1, 0.15) is 19.8 Å². The number of rotatable bonds is 4. The van der Waals surface area contributed by atoms with Crippen LogP contribution in [-0.4, -0.2) is 33.6 Å². The third kappa shape index (κ3) is 2.48. The number of nitrogens with two attached hydrogens (primary N) is 1. The number of anilines is 2. The van der Waals surface area contributed by atoms with Crippen molar-refractivity contribution >= 4 is 17.3 Å². The predicted octanol–water partition coefficient (Wildman–Crippen LogP) is 0.946. The molecule has 1 saturated heterocycles. The molecule has 1 aliphatic heterocycles. The zero-order valence-corrected chi connectivity index (χ0v) is 10.00. The van der Waals surface area contributed by atoms with E-state index in [4.69, 9.17) is 10.5 Å². The van der Waals surface area contributed by atoms with Gasteiger partial charge in [-0.1, -0.05) is 0 Å². The highest BCUT2D eigenvalue weighted by Crippen LogP contribution is 2.28. The molecule has 1 aromatic heterocycles. The molecule has 0 spiro atoms. The predicted molar refractivity (Wildman–Crippen MR) is 65.2 cm³/mol. The van der Waals surface area contributed by atoms with Crippen LogP contribution in [0.5, 0.6) is 0 Å². The number of hydrogen-bond acceptors (Lipinski definition) is 7. The van der Waals surface area contributed by atoms with Gasteiger partial charge < -0.3 is 15.8 Å². The molecular formula is C10H15N5O3. The molecule has 0 radical (unpaired) electrons. The van der Waals surface area contributed by atoms with Gasteiger partial charge in [0.1, 0.15) is 6.33 Å². The summed E-state index contributed by atoms with van der Waals surface area (Å²) < 4.78 is 5.51. The van der Waals surface area contributed by atoms with Gasteiger partial charge in [-0.15, -0.1) is 0 Å². The molecule has 0 bridgehead atoms. The molecule has 1 fully saturated rings. The fourth-order valence-corrected chi connectivity index (χ4v) is 1.98. The molecule has 2 unspecified atom stereocenters. The molecule has 18 heavy (non-hydrogen) atoms. The third-order valence-electron chi connectivity index (χ3n) is 2.92. The highest BCUT2D eigenvalue weighted by molar-refractivity contribution is 5.67. The summed E-state index contributed by atoms with van der Waals surface area (Å²) in [5.41, 5.74) is 5.20. The van der Waals surface area contributed by atoms with E-state index < -0.39 is 4.92 Å². The van der Waals surface area contributed by atoms with Gasteiger partial charge in [0.25, 0.3) is 0 Å². The highest BCUT2D eigenvalue weighted by Gasteiger charge is 2.27. The maximum atomic E-state index is 10.9. The van der Waals surface area contributed by atoms with Gasteiger partial charge in [0, 0.05) is 6.61 Å². The number of aromatic nitrogens is 2. The van der Waals surface area contributed by atoms with Gasteiger partial charge in [-0.05, 0) is 19.8 Å². The van der Waals surface area contributed by atoms with Crippen molar-refractivity contribution in [2.24, 2.45) is 0 Å². The van der Waals surface area contributed by atoms with Gasteiger partial charge >= 0.3 is 5.69 Å².